The van der Waals surface area contributed by atoms with Gasteiger partial charge >= 0.3 is 0 Å². The standard InChI is InChI=1S/C10H21ClO/c1-8(2)5-4-6-9(3)10(11)7-12/h8-10,12H,4-7H2,1-3H3/t9-,10+/m0/s1. The largest absolute Gasteiger partial charge is 0.395 e. The Morgan fingerprint density at radius 3 is 2.17 bits per heavy atom. The van der Waals surface area contributed by atoms with E-state index in [-0.39, 0.29) is 12.0 Å². The summed E-state index contributed by atoms with van der Waals surface area (Å²) in [7, 11) is 0. The second-order valence-electron chi connectivity index (χ2n) is 4.00. The molecule has 0 aliphatic carbocycles. The summed E-state index contributed by atoms with van der Waals surface area (Å²) in [6.45, 7) is 6.67. The van der Waals surface area contributed by atoms with Crippen LogP contribution in [0.2, 0.25) is 0 Å². The zero-order valence-corrected chi connectivity index (χ0v) is 9.14. The summed E-state index contributed by atoms with van der Waals surface area (Å²) < 4.78 is 0. The van der Waals surface area contributed by atoms with Gasteiger partial charge in [-0.25, -0.2) is 0 Å². The molecule has 12 heavy (non-hydrogen) atoms. The van der Waals surface area contributed by atoms with Crippen molar-refractivity contribution in [3.8, 4) is 0 Å². The van der Waals surface area contributed by atoms with Crippen molar-refractivity contribution in [2.45, 2.75) is 45.4 Å². The molecular formula is C10H21ClO. The van der Waals surface area contributed by atoms with E-state index in [2.05, 4.69) is 20.8 Å². The number of aliphatic hydroxyl groups excluding tert-OH is 1. The highest BCUT2D eigenvalue weighted by molar-refractivity contribution is 6.20. The van der Waals surface area contributed by atoms with Gasteiger partial charge in [0.15, 0.2) is 0 Å². The Bertz CT molecular complexity index is 104. The molecule has 0 heterocycles. The summed E-state index contributed by atoms with van der Waals surface area (Å²) >= 11 is 5.88. The van der Waals surface area contributed by atoms with E-state index in [0.29, 0.717) is 5.92 Å². The van der Waals surface area contributed by atoms with Crippen molar-refractivity contribution in [3.05, 3.63) is 0 Å². The van der Waals surface area contributed by atoms with Gasteiger partial charge in [-0.2, -0.15) is 0 Å². The van der Waals surface area contributed by atoms with Crippen LogP contribution in [0.25, 0.3) is 0 Å². The van der Waals surface area contributed by atoms with Gasteiger partial charge in [-0.1, -0.05) is 33.6 Å². The van der Waals surface area contributed by atoms with E-state index in [0.717, 1.165) is 12.3 Å². The number of halogens is 1. The molecule has 0 aromatic heterocycles. The summed E-state index contributed by atoms with van der Waals surface area (Å²) in [5.41, 5.74) is 0. The molecule has 0 fully saturated rings. The molecule has 0 radical (unpaired) electrons. The van der Waals surface area contributed by atoms with Crippen LogP contribution in [-0.2, 0) is 0 Å². The molecule has 0 aliphatic rings. The maximum absolute atomic E-state index is 8.78. The molecule has 0 unspecified atom stereocenters. The fraction of sp³-hybridized carbons (Fsp3) is 1.00. The summed E-state index contributed by atoms with van der Waals surface area (Å²) in [5.74, 6) is 1.22. The van der Waals surface area contributed by atoms with E-state index in [9.17, 15) is 0 Å². The Morgan fingerprint density at radius 2 is 1.75 bits per heavy atom. The maximum Gasteiger partial charge on any atom is 0.0597 e. The van der Waals surface area contributed by atoms with Crippen molar-refractivity contribution >= 4 is 11.6 Å². The molecule has 0 rings (SSSR count). The van der Waals surface area contributed by atoms with Crippen LogP contribution in [-0.4, -0.2) is 17.1 Å². The number of alkyl halides is 1. The average Bonchev–Trinajstić information content (AvgIpc) is 2.02. The Kier molecular flexibility index (Phi) is 6.87. The van der Waals surface area contributed by atoms with E-state index in [1.54, 1.807) is 0 Å². The molecule has 2 atom stereocenters. The number of hydrogen-bond donors (Lipinski definition) is 1. The third kappa shape index (κ3) is 5.84. The van der Waals surface area contributed by atoms with Gasteiger partial charge in [-0.15, -0.1) is 11.6 Å². The molecule has 0 amide bonds. The minimum atomic E-state index is -0.0582. The van der Waals surface area contributed by atoms with Crippen molar-refractivity contribution in [1.29, 1.82) is 0 Å². The maximum atomic E-state index is 8.78. The van der Waals surface area contributed by atoms with E-state index < -0.39 is 0 Å². The van der Waals surface area contributed by atoms with Gasteiger partial charge in [0.25, 0.3) is 0 Å². The van der Waals surface area contributed by atoms with Crippen molar-refractivity contribution in [2.24, 2.45) is 11.8 Å². The second-order valence-corrected chi connectivity index (χ2v) is 4.56. The van der Waals surface area contributed by atoms with Crippen LogP contribution in [0.4, 0.5) is 0 Å². The predicted octanol–water partition coefficient (Wildman–Crippen LogP) is 3.05. The van der Waals surface area contributed by atoms with Gasteiger partial charge in [0.2, 0.25) is 0 Å². The van der Waals surface area contributed by atoms with Gasteiger partial charge < -0.3 is 5.11 Å². The second kappa shape index (κ2) is 6.73. The van der Waals surface area contributed by atoms with Crippen LogP contribution in [0, 0.1) is 11.8 Å². The van der Waals surface area contributed by atoms with Gasteiger partial charge in [-0.3, -0.25) is 0 Å². The van der Waals surface area contributed by atoms with Crippen molar-refractivity contribution in [1.82, 2.24) is 0 Å². The molecule has 0 bridgehead atoms. The van der Waals surface area contributed by atoms with Crippen LogP contribution in [0.3, 0.4) is 0 Å². The lowest BCUT2D eigenvalue weighted by molar-refractivity contribution is 0.260. The number of hydrogen-bond acceptors (Lipinski definition) is 1. The monoisotopic (exact) mass is 192 g/mol. The van der Waals surface area contributed by atoms with E-state index in [4.69, 9.17) is 16.7 Å². The first kappa shape index (κ1) is 12.2. The molecule has 1 N–H and O–H groups in total. The highest BCUT2D eigenvalue weighted by atomic mass is 35.5. The minimum Gasteiger partial charge on any atom is -0.395 e. The highest BCUT2D eigenvalue weighted by Crippen LogP contribution is 2.18. The number of rotatable bonds is 6. The lowest BCUT2D eigenvalue weighted by Crippen LogP contribution is -2.15. The molecule has 0 spiro atoms. The number of aliphatic hydroxyl groups is 1. The van der Waals surface area contributed by atoms with E-state index >= 15 is 0 Å². The van der Waals surface area contributed by atoms with E-state index in [1.165, 1.54) is 12.8 Å². The molecule has 0 aliphatic heterocycles. The van der Waals surface area contributed by atoms with Crippen LogP contribution in [0.15, 0.2) is 0 Å². The molecule has 0 aromatic carbocycles. The van der Waals surface area contributed by atoms with Crippen LogP contribution in [0.5, 0.6) is 0 Å². The quantitative estimate of drug-likeness (QED) is 0.642. The molecule has 0 aromatic rings. The third-order valence-electron chi connectivity index (χ3n) is 2.23. The molecule has 1 nitrogen and oxygen atoms in total. The lowest BCUT2D eigenvalue weighted by atomic mass is 9.97. The topological polar surface area (TPSA) is 20.2 Å². The van der Waals surface area contributed by atoms with Gasteiger partial charge in [0.1, 0.15) is 0 Å². The van der Waals surface area contributed by atoms with Crippen molar-refractivity contribution < 1.29 is 5.11 Å². The summed E-state index contributed by atoms with van der Waals surface area (Å²) in [6, 6.07) is 0. The molecule has 0 saturated carbocycles. The SMILES string of the molecule is CC(C)CCC[C@H](C)[C@H](Cl)CO. The van der Waals surface area contributed by atoms with Crippen LogP contribution >= 0.6 is 11.6 Å². The Hall–Kier alpha value is 0.250. The zero-order chi connectivity index (χ0) is 9.56. The van der Waals surface area contributed by atoms with E-state index in [1.807, 2.05) is 0 Å². The molecule has 74 valence electrons. The Labute approximate surface area is 81.1 Å². The first-order chi connectivity index (χ1) is 5.57. The van der Waals surface area contributed by atoms with Gasteiger partial charge in [0.05, 0.1) is 12.0 Å². The predicted molar refractivity (Wildman–Crippen MR) is 54.6 cm³/mol. The molecule has 0 saturated heterocycles. The molecular weight excluding hydrogens is 172 g/mol. The third-order valence-corrected chi connectivity index (χ3v) is 2.80. The normalized spacial score (nSPS) is 16.5. The van der Waals surface area contributed by atoms with Crippen LogP contribution in [0.1, 0.15) is 40.0 Å². The fourth-order valence-corrected chi connectivity index (χ4v) is 1.33. The summed E-state index contributed by atoms with van der Waals surface area (Å²) in [5, 5.41) is 8.72. The highest BCUT2D eigenvalue weighted by Gasteiger charge is 2.12. The smallest absolute Gasteiger partial charge is 0.0597 e. The summed E-state index contributed by atoms with van der Waals surface area (Å²) in [4.78, 5) is 0. The average molecular weight is 193 g/mol. The summed E-state index contributed by atoms with van der Waals surface area (Å²) in [6.07, 6.45) is 3.62. The van der Waals surface area contributed by atoms with Crippen LogP contribution < -0.4 is 0 Å². The zero-order valence-electron chi connectivity index (χ0n) is 8.39. The van der Waals surface area contributed by atoms with Gasteiger partial charge in [0, 0.05) is 0 Å². The van der Waals surface area contributed by atoms with Gasteiger partial charge in [-0.05, 0) is 18.3 Å². The van der Waals surface area contributed by atoms with Crippen molar-refractivity contribution in [2.75, 3.05) is 6.61 Å². The van der Waals surface area contributed by atoms with Crippen molar-refractivity contribution in [3.63, 3.8) is 0 Å². The Morgan fingerprint density at radius 1 is 1.17 bits per heavy atom. The lowest BCUT2D eigenvalue weighted by Gasteiger charge is -2.15. The fourth-order valence-electron chi connectivity index (χ4n) is 1.21. The first-order valence-corrected chi connectivity index (χ1v) is 5.26. The minimum absolute atomic E-state index is 0.0582. The first-order valence-electron chi connectivity index (χ1n) is 4.82. The Balaban J connectivity index is 3.37. The molecule has 2 heteroatoms.